The highest BCUT2D eigenvalue weighted by molar-refractivity contribution is 6.32. The first-order valence-corrected chi connectivity index (χ1v) is 5.32. The normalized spacial score (nSPS) is 10.6. The van der Waals surface area contributed by atoms with E-state index in [0.717, 1.165) is 5.56 Å². The van der Waals surface area contributed by atoms with Crippen molar-refractivity contribution in [1.29, 1.82) is 0 Å². The summed E-state index contributed by atoms with van der Waals surface area (Å²) in [4.78, 5) is 11.0. The van der Waals surface area contributed by atoms with Crippen LogP contribution in [0.4, 0.5) is 0 Å². The van der Waals surface area contributed by atoms with E-state index in [1.165, 1.54) is 6.07 Å². The van der Waals surface area contributed by atoms with Crippen LogP contribution in [0.1, 0.15) is 18.9 Å². The minimum atomic E-state index is -0.267. The van der Waals surface area contributed by atoms with Gasteiger partial charge >= 0.3 is 5.97 Å². The molecule has 0 aliphatic heterocycles. The van der Waals surface area contributed by atoms with Gasteiger partial charge in [-0.3, -0.25) is 4.79 Å². The van der Waals surface area contributed by atoms with Gasteiger partial charge in [-0.15, -0.1) is 0 Å². The van der Waals surface area contributed by atoms with Crippen LogP contribution in [0.25, 0.3) is 6.08 Å². The quantitative estimate of drug-likeness (QED) is 0.823. The maximum atomic E-state index is 11.0. The Morgan fingerprint density at radius 2 is 2.31 bits per heavy atom. The summed E-state index contributed by atoms with van der Waals surface area (Å²) in [6.07, 6.45) is 3.63. The number of halogens is 1. The van der Waals surface area contributed by atoms with Gasteiger partial charge in [-0.05, 0) is 24.6 Å². The zero-order chi connectivity index (χ0) is 12.0. The van der Waals surface area contributed by atoms with Crippen molar-refractivity contribution in [2.45, 2.75) is 13.3 Å². The zero-order valence-electron chi connectivity index (χ0n) is 8.94. The van der Waals surface area contributed by atoms with Crippen molar-refractivity contribution in [1.82, 2.24) is 0 Å². The third-order valence-electron chi connectivity index (χ3n) is 1.87. The van der Waals surface area contributed by atoms with Crippen LogP contribution in [0.5, 0.6) is 5.75 Å². The van der Waals surface area contributed by atoms with Gasteiger partial charge in [0.15, 0.2) is 0 Å². The molecule has 0 aliphatic carbocycles. The van der Waals surface area contributed by atoms with Crippen LogP contribution in [0, 0.1) is 0 Å². The van der Waals surface area contributed by atoms with Crippen molar-refractivity contribution in [2.75, 3.05) is 6.61 Å². The van der Waals surface area contributed by atoms with E-state index in [0.29, 0.717) is 11.6 Å². The number of hydrogen-bond donors (Lipinski definition) is 1. The van der Waals surface area contributed by atoms with Crippen molar-refractivity contribution >= 4 is 23.6 Å². The highest BCUT2D eigenvalue weighted by Crippen LogP contribution is 2.24. The molecule has 0 bridgehead atoms. The molecule has 1 aromatic carbocycles. The van der Waals surface area contributed by atoms with Crippen molar-refractivity contribution < 1.29 is 14.6 Å². The topological polar surface area (TPSA) is 46.5 Å². The summed E-state index contributed by atoms with van der Waals surface area (Å²) in [7, 11) is 0. The van der Waals surface area contributed by atoms with E-state index in [9.17, 15) is 9.90 Å². The van der Waals surface area contributed by atoms with Crippen LogP contribution in [0.3, 0.4) is 0 Å². The lowest BCUT2D eigenvalue weighted by atomic mass is 10.2. The average Bonchev–Trinajstić information content (AvgIpc) is 2.24. The van der Waals surface area contributed by atoms with E-state index in [-0.39, 0.29) is 18.1 Å². The number of phenols is 1. The van der Waals surface area contributed by atoms with Crippen LogP contribution in [-0.4, -0.2) is 17.7 Å². The first-order valence-electron chi connectivity index (χ1n) is 4.94. The van der Waals surface area contributed by atoms with Gasteiger partial charge in [-0.25, -0.2) is 0 Å². The molecule has 4 heteroatoms. The van der Waals surface area contributed by atoms with Gasteiger partial charge in [-0.2, -0.15) is 0 Å². The number of ether oxygens (including phenoxy) is 1. The molecular weight excluding hydrogens is 228 g/mol. The van der Waals surface area contributed by atoms with E-state index in [1.54, 1.807) is 31.2 Å². The molecule has 1 aromatic rings. The predicted octanol–water partition coefficient (Wildman–Crippen LogP) is 3.01. The molecule has 0 saturated carbocycles. The minimum Gasteiger partial charge on any atom is -0.506 e. The molecule has 0 atom stereocenters. The SMILES string of the molecule is CCOC(=O)CC=Cc1ccc(Cl)c(O)c1. The average molecular weight is 241 g/mol. The number of phenolic OH excluding ortho intramolecular Hbond substituents is 1. The highest BCUT2D eigenvalue weighted by atomic mass is 35.5. The van der Waals surface area contributed by atoms with Crippen LogP contribution in [-0.2, 0) is 9.53 Å². The van der Waals surface area contributed by atoms with Gasteiger partial charge < -0.3 is 9.84 Å². The first-order chi connectivity index (χ1) is 7.63. The predicted molar refractivity (Wildman–Crippen MR) is 63.4 cm³/mol. The fourth-order valence-electron chi connectivity index (χ4n) is 1.14. The molecule has 0 fully saturated rings. The monoisotopic (exact) mass is 240 g/mol. The smallest absolute Gasteiger partial charge is 0.309 e. The highest BCUT2D eigenvalue weighted by Gasteiger charge is 1.99. The van der Waals surface area contributed by atoms with E-state index in [4.69, 9.17) is 16.3 Å². The van der Waals surface area contributed by atoms with Crippen molar-refractivity contribution in [3.63, 3.8) is 0 Å². The number of esters is 1. The third kappa shape index (κ3) is 3.95. The van der Waals surface area contributed by atoms with Crippen LogP contribution >= 0.6 is 11.6 Å². The minimum absolute atomic E-state index is 0.0277. The van der Waals surface area contributed by atoms with Crippen LogP contribution < -0.4 is 0 Å². The third-order valence-corrected chi connectivity index (χ3v) is 2.19. The molecule has 0 spiro atoms. The molecule has 1 rings (SSSR count). The largest absolute Gasteiger partial charge is 0.506 e. The molecule has 1 N–H and O–H groups in total. The molecule has 0 radical (unpaired) electrons. The zero-order valence-corrected chi connectivity index (χ0v) is 9.70. The summed E-state index contributed by atoms with van der Waals surface area (Å²) in [5.74, 6) is -0.239. The number of aromatic hydroxyl groups is 1. The fraction of sp³-hybridized carbons (Fsp3) is 0.250. The Morgan fingerprint density at radius 3 is 2.94 bits per heavy atom. The van der Waals surface area contributed by atoms with E-state index in [1.807, 2.05) is 0 Å². The summed E-state index contributed by atoms with van der Waals surface area (Å²) in [6, 6.07) is 4.88. The lowest BCUT2D eigenvalue weighted by Crippen LogP contribution is -2.01. The Hall–Kier alpha value is -1.48. The molecule has 0 heterocycles. The van der Waals surface area contributed by atoms with Crippen molar-refractivity contribution in [3.05, 3.63) is 34.9 Å². The second-order valence-electron chi connectivity index (χ2n) is 3.12. The van der Waals surface area contributed by atoms with Gasteiger partial charge in [0.05, 0.1) is 18.1 Å². The fourth-order valence-corrected chi connectivity index (χ4v) is 1.26. The maximum absolute atomic E-state index is 11.0. The molecule has 0 aromatic heterocycles. The Morgan fingerprint density at radius 1 is 1.56 bits per heavy atom. The molecular formula is C12H13ClO3. The summed E-state index contributed by atoms with van der Waals surface area (Å²) < 4.78 is 4.76. The summed E-state index contributed by atoms with van der Waals surface area (Å²) >= 11 is 5.66. The summed E-state index contributed by atoms with van der Waals surface area (Å²) in [5.41, 5.74) is 0.784. The molecule has 0 saturated heterocycles. The van der Waals surface area contributed by atoms with Crippen LogP contribution in [0.2, 0.25) is 5.02 Å². The molecule has 0 aliphatic rings. The Bertz CT molecular complexity index is 399. The van der Waals surface area contributed by atoms with Gasteiger partial charge in [0, 0.05) is 0 Å². The second-order valence-corrected chi connectivity index (χ2v) is 3.53. The van der Waals surface area contributed by atoms with E-state index >= 15 is 0 Å². The summed E-state index contributed by atoms with van der Waals surface area (Å²) in [6.45, 7) is 2.15. The standard InChI is InChI=1S/C12H13ClO3/c1-2-16-12(15)5-3-4-9-6-7-10(13)11(14)8-9/h3-4,6-8,14H,2,5H2,1H3. The van der Waals surface area contributed by atoms with E-state index in [2.05, 4.69) is 0 Å². The molecule has 16 heavy (non-hydrogen) atoms. The molecule has 0 amide bonds. The van der Waals surface area contributed by atoms with Gasteiger partial charge in [-0.1, -0.05) is 29.8 Å². The van der Waals surface area contributed by atoms with Gasteiger partial charge in [0.1, 0.15) is 5.75 Å². The Kier molecular flexibility index (Phi) is 4.86. The Labute approximate surface area is 99.3 Å². The number of carbonyl (C=O) groups excluding carboxylic acids is 1. The molecule has 0 unspecified atom stereocenters. The van der Waals surface area contributed by atoms with Crippen LogP contribution in [0.15, 0.2) is 24.3 Å². The van der Waals surface area contributed by atoms with Gasteiger partial charge in [0.25, 0.3) is 0 Å². The maximum Gasteiger partial charge on any atom is 0.309 e. The summed E-state index contributed by atoms with van der Waals surface area (Å²) in [5, 5.41) is 9.64. The number of rotatable bonds is 4. The van der Waals surface area contributed by atoms with Crippen molar-refractivity contribution in [2.24, 2.45) is 0 Å². The molecule has 86 valence electrons. The van der Waals surface area contributed by atoms with Crippen molar-refractivity contribution in [3.8, 4) is 5.75 Å². The van der Waals surface area contributed by atoms with Gasteiger partial charge in [0.2, 0.25) is 0 Å². The number of hydrogen-bond acceptors (Lipinski definition) is 3. The van der Waals surface area contributed by atoms with E-state index < -0.39 is 0 Å². The number of benzene rings is 1. The molecule has 3 nitrogen and oxygen atoms in total. The Balaban J connectivity index is 2.56. The number of carbonyl (C=O) groups is 1. The first kappa shape index (κ1) is 12.6. The lowest BCUT2D eigenvalue weighted by molar-refractivity contribution is -0.142. The second kappa shape index (κ2) is 6.18. The lowest BCUT2D eigenvalue weighted by Gasteiger charge is -1.99.